The van der Waals surface area contributed by atoms with E-state index in [4.69, 9.17) is 10.5 Å². The zero-order valence-electron chi connectivity index (χ0n) is 9.12. The predicted octanol–water partition coefficient (Wildman–Crippen LogP) is 2.03. The van der Waals surface area contributed by atoms with Crippen LogP contribution in [0.5, 0.6) is 0 Å². The molecule has 1 rings (SSSR count). The van der Waals surface area contributed by atoms with Gasteiger partial charge < -0.3 is 10.5 Å². The van der Waals surface area contributed by atoms with Crippen LogP contribution >= 0.6 is 0 Å². The van der Waals surface area contributed by atoms with Crippen LogP contribution in [-0.4, -0.2) is 19.3 Å². The third-order valence-corrected chi connectivity index (χ3v) is 3.28. The van der Waals surface area contributed by atoms with Gasteiger partial charge in [-0.05, 0) is 37.1 Å². The first-order valence-electron chi connectivity index (χ1n) is 5.46. The monoisotopic (exact) mass is 185 g/mol. The molecule has 1 aliphatic rings. The lowest BCUT2D eigenvalue weighted by Gasteiger charge is -2.34. The smallest absolute Gasteiger partial charge is 0.0600 e. The highest BCUT2D eigenvalue weighted by Crippen LogP contribution is 2.29. The fourth-order valence-electron chi connectivity index (χ4n) is 2.03. The first kappa shape index (κ1) is 11.0. The second-order valence-electron chi connectivity index (χ2n) is 4.65. The van der Waals surface area contributed by atoms with Gasteiger partial charge in [-0.25, -0.2) is 0 Å². The third kappa shape index (κ3) is 2.96. The van der Waals surface area contributed by atoms with Crippen LogP contribution in [0.3, 0.4) is 0 Å². The highest BCUT2D eigenvalue weighted by molar-refractivity contribution is 4.77. The summed E-state index contributed by atoms with van der Waals surface area (Å²) in [4.78, 5) is 0. The summed E-state index contributed by atoms with van der Waals surface area (Å²) in [6.07, 6.45) is 2.87. The van der Waals surface area contributed by atoms with Crippen molar-refractivity contribution >= 4 is 0 Å². The number of rotatable bonds is 3. The Hall–Kier alpha value is -0.0800. The van der Waals surface area contributed by atoms with Gasteiger partial charge in [-0.2, -0.15) is 0 Å². The molecule has 0 bridgehead atoms. The van der Waals surface area contributed by atoms with Crippen LogP contribution in [0.1, 0.15) is 33.6 Å². The van der Waals surface area contributed by atoms with Crippen molar-refractivity contribution in [3.05, 3.63) is 0 Å². The molecule has 0 amide bonds. The van der Waals surface area contributed by atoms with E-state index in [0.717, 1.165) is 19.1 Å². The third-order valence-electron chi connectivity index (χ3n) is 3.28. The molecule has 3 atom stereocenters. The second-order valence-corrected chi connectivity index (χ2v) is 4.65. The summed E-state index contributed by atoms with van der Waals surface area (Å²) in [5, 5.41) is 0. The predicted molar refractivity (Wildman–Crippen MR) is 55.5 cm³/mol. The SMILES string of the molecule is CC(C)C1CC(C(C)CN)CCO1. The van der Waals surface area contributed by atoms with Gasteiger partial charge in [0.2, 0.25) is 0 Å². The minimum atomic E-state index is 0.466. The Labute approximate surface area is 81.8 Å². The maximum absolute atomic E-state index is 5.72. The van der Waals surface area contributed by atoms with Crippen molar-refractivity contribution in [1.82, 2.24) is 0 Å². The van der Waals surface area contributed by atoms with E-state index in [1.807, 2.05) is 0 Å². The molecule has 1 heterocycles. The number of hydrogen-bond acceptors (Lipinski definition) is 2. The van der Waals surface area contributed by atoms with E-state index in [9.17, 15) is 0 Å². The number of hydrogen-bond donors (Lipinski definition) is 1. The lowest BCUT2D eigenvalue weighted by molar-refractivity contribution is -0.0433. The van der Waals surface area contributed by atoms with Crippen molar-refractivity contribution in [2.45, 2.75) is 39.7 Å². The Bertz CT molecular complexity index is 147. The molecule has 0 aromatic heterocycles. The summed E-state index contributed by atoms with van der Waals surface area (Å²) in [7, 11) is 0. The van der Waals surface area contributed by atoms with Gasteiger partial charge in [0.1, 0.15) is 0 Å². The molecule has 0 aromatic carbocycles. The molecule has 2 nitrogen and oxygen atoms in total. The van der Waals surface area contributed by atoms with Crippen LogP contribution in [-0.2, 0) is 4.74 Å². The van der Waals surface area contributed by atoms with E-state index in [1.54, 1.807) is 0 Å². The highest BCUT2D eigenvalue weighted by Gasteiger charge is 2.27. The lowest BCUT2D eigenvalue weighted by atomic mass is 9.82. The average Bonchev–Trinajstić information content (AvgIpc) is 2.17. The van der Waals surface area contributed by atoms with Crippen molar-refractivity contribution in [3.8, 4) is 0 Å². The van der Waals surface area contributed by atoms with Gasteiger partial charge in [0.05, 0.1) is 6.10 Å². The molecule has 0 radical (unpaired) electrons. The molecule has 0 saturated carbocycles. The van der Waals surface area contributed by atoms with Crippen LogP contribution in [0, 0.1) is 17.8 Å². The minimum absolute atomic E-state index is 0.466. The van der Waals surface area contributed by atoms with Gasteiger partial charge >= 0.3 is 0 Å². The van der Waals surface area contributed by atoms with Gasteiger partial charge in [-0.3, -0.25) is 0 Å². The topological polar surface area (TPSA) is 35.2 Å². The Morgan fingerprint density at radius 2 is 2.08 bits per heavy atom. The van der Waals surface area contributed by atoms with E-state index in [0.29, 0.717) is 17.9 Å². The van der Waals surface area contributed by atoms with Gasteiger partial charge in [0.15, 0.2) is 0 Å². The average molecular weight is 185 g/mol. The zero-order valence-corrected chi connectivity index (χ0v) is 9.12. The molecule has 1 fully saturated rings. The zero-order chi connectivity index (χ0) is 9.84. The van der Waals surface area contributed by atoms with Crippen molar-refractivity contribution in [1.29, 1.82) is 0 Å². The van der Waals surface area contributed by atoms with Crippen LogP contribution < -0.4 is 5.73 Å². The first-order valence-corrected chi connectivity index (χ1v) is 5.46. The maximum atomic E-state index is 5.72. The van der Waals surface area contributed by atoms with Crippen LogP contribution in [0.25, 0.3) is 0 Å². The fourth-order valence-corrected chi connectivity index (χ4v) is 2.03. The second kappa shape index (κ2) is 4.97. The normalized spacial score (nSPS) is 32.1. The Morgan fingerprint density at radius 3 is 2.62 bits per heavy atom. The van der Waals surface area contributed by atoms with E-state index in [-0.39, 0.29) is 0 Å². The van der Waals surface area contributed by atoms with Gasteiger partial charge in [0, 0.05) is 6.61 Å². The largest absolute Gasteiger partial charge is 0.378 e. The Morgan fingerprint density at radius 1 is 1.38 bits per heavy atom. The van der Waals surface area contributed by atoms with Crippen LogP contribution in [0.4, 0.5) is 0 Å². The Balaban J connectivity index is 2.41. The molecule has 3 unspecified atom stereocenters. The van der Waals surface area contributed by atoms with Gasteiger partial charge in [-0.15, -0.1) is 0 Å². The summed E-state index contributed by atoms with van der Waals surface area (Å²) >= 11 is 0. The molecule has 78 valence electrons. The Kier molecular flexibility index (Phi) is 4.20. The van der Waals surface area contributed by atoms with Crippen molar-refractivity contribution < 1.29 is 4.74 Å². The number of nitrogens with two attached hydrogens (primary N) is 1. The van der Waals surface area contributed by atoms with E-state index in [2.05, 4.69) is 20.8 Å². The summed E-state index contributed by atoms with van der Waals surface area (Å²) in [5.74, 6) is 2.09. The van der Waals surface area contributed by atoms with Gasteiger partial charge in [-0.1, -0.05) is 20.8 Å². The summed E-state index contributed by atoms with van der Waals surface area (Å²) in [5.41, 5.74) is 5.68. The summed E-state index contributed by atoms with van der Waals surface area (Å²) < 4.78 is 5.72. The number of ether oxygens (including phenoxy) is 1. The van der Waals surface area contributed by atoms with Crippen molar-refractivity contribution in [2.24, 2.45) is 23.5 Å². The van der Waals surface area contributed by atoms with Crippen LogP contribution in [0.15, 0.2) is 0 Å². The van der Waals surface area contributed by atoms with Crippen molar-refractivity contribution in [3.63, 3.8) is 0 Å². The molecule has 2 N–H and O–H groups in total. The molecule has 0 spiro atoms. The first-order chi connectivity index (χ1) is 6.15. The quantitative estimate of drug-likeness (QED) is 0.730. The fraction of sp³-hybridized carbons (Fsp3) is 1.00. The minimum Gasteiger partial charge on any atom is -0.378 e. The molecular formula is C11H23NO. The molecular weight excluding hydrogens is 162 g/mol. The molecule has 1 saturated heterocycles. The standard InChI is InChI=1S/C11H23NO/c1-8(2)11-6-10(4-5-13-11)9(3)7-12/h8-11H,4-7,12H2,1-3H3. The summed E-state index contributed by atoms with van der Waals surface area (Å²) in [6.45, 7) is 8.47. The van der Waals surface area contributed by atoms with Gasteiger partial charge in [0.25, 0.3) is 0 Å². The molecule has 1 aliphatic heterocycles. The molecule has 2 heteroatoms. The summed E-state index contributed by atoms with van der Waals surface area (Å²) in [6, 6.07) is 0. The lowest BCUT2D eigenvalue weighted by Crippen LogP contribution is -2.34. The molecule has 13 heavy (non-hydrogen) atoms. The van der Waals surface area contributed by atoms with Crippen molar-refractivity contribution in [2.75, 3.05) is 13.2 Å². The van der Waals surface area contributed by atoms with E-state index in [1.165, 1.54) is 12.8 Å². The maximum Gasteiger partial charge on any atom is 0.0600 e. The van der Waals surface area contributed by atoms with Crippen LogP contribution in [0.2, 0.25) is 0 Å². The van der Waals surface area contributed by atoms with E-state index >= 15 is 0 Å². The van der Waals surface area contributed by atoms with E-state index < -0.39 is 0 Å². The molecule has 0 aromatic rings. The molecule has 0 aliphatic carbocycles. The highest BCUT2D eigenvalue weighted by atomic mass is 16.5.